The SMILES string of the molecule is CC1(C)CC(=S)c2sc(S(=O)(=O)c3ccccc3)cc2O1. The molecule has 0 bridgehead atoms. The number of benzene rings is 1. The average Bonchev–Trinajstić information content (AvgIpc) is 2.83. The molecule has 2 heterocycles. The molecule has 0 saturated heterocycles. The highest BCUT2D eigenvalue weighted by molar-refractivity contribution is 7.93. The van der Waals surface area contributed by atoms with Gasteiger partial charge in [-0.05, 0) is 26.0 Å². The van der Waals surface area contributed by atoms with Crippen LogP contribution in [0.3, 0.4) is 0 Å². The van der Waals surface area contributed by atoms with Gasteiger partial charge in [0.05, 0.1) is 9.77 Å². The summed E-state index contributed by atoms with van der Waals surface area (Å²) >= 11 is 6.59. The molecule has 0 saturated carbocycles. The summed E-state index contributed by atoms with van der Waals surface area (Å²) in [5, 5.41) is 0. The Labute approximate surface area is 133 Å². The van der Waals surface area contributed by atoms with Crippen molar-refractivity contribution in [2.24, 2.45) is 0 Å². The van der Waals surface area contributed by atoms with Gasteiger partial charge in [0.25, 0.3) is 0 Å². The van der Waals surface area contributed by atoms with Crippen molar-refractivity contribution < 1.29 is 13.2 Å². The second kappa shape index (κ2) is 4.90. The lowest BCUT2D eigenvalue weighted by Crippen LogP contribution is -2.34. The van der Waals surface area contributed by atoms with Crippen molar-refractivity contribution >= 4 is 38.3 Å². The lowest BCUT2D eigenvalue weighted by Gasteiger charge is -2.30. The van der Waals surface area contributed by atoms with Crippen molar-refractivity contribution in [3.63, 3.8) is 0 Å². The number of fused-ring (bicyclic) bond motifs is 1. The molecule has 1 aliphatic rings. The molecule has 2 aromatic rings. The van der Waals surface area contributed by atoms with Gasteiger partial charge in [-0.1, -0.05) is 30.4 Å². The predicted octanol–water partition coefficient (Wildman–Crippen LogP) is 3.86. The summed E-state index contributed by atoms with van der Waals surface area (Å²) in [5.74, 6) is 0.579. The molecule has 0 N–H and O–H groups in total. The summed E-state index contributed by atoms with van der Waals surface area (Å²) in [7, 11) is -3.51. The minimum atomic E-state index is -3.51. The minimum absolute atomic E-state index is 0.277. The van der Waals surface area contributed by atoms with Gasteiger partial charge in [-0.15, -0.1) is 11.3 Å². The molecule has 0 aliphatic carbocycles. The molecule has 0 amide bonds. The summed E-state index contributed by atoms with van der Waals surface area (Å²) < 4.78 is 31.4. The highest BCUT2D eigenvalue weighted by Gasteiger charge is 2.34. The molecule has 0 radical (unpaired) electrons. The Morgan fingerprint density at radius 2 is 1.90 bits per heavy atom. The highest BCUT2D eigenvalue weighted by atomic mass is 32.2. The van der Waals surface area contributed by atoms with Crippen molar-refractivity contribution in [1.82, 2.24) is 0 Å². The van der Waals surface area contributed by atoms with Crippen LogP contribution in [0.25, 0.3) is 0 Å². The van der Waals surface area contributed by atoms with E-state index >= 15 is 0 Å². The van der Waals surface area contributed by atoms with Gasteiger partial charge in [-0.3, -0.25) is 0 Å². The van der Waals surface area contributed by atoms with E-state index in [1.807, 2.05) is 13.8 Å². The van der Waals surface area contributed by atoms with Gasteiger partial charge in [0.15, 0.2) is 0 Å². The first-order chi connectivity index (χ1) is 9.79. The van der Waals surface area contributed by atoms with Crippen LogP contribution in [0.15, 0.2) is 45.5 Å². The Bertz CT molecular complexity index is 802. The molecule has 1 aliphatic heterocycles. The number of rotatable bonds is 2. The third kappa shape index (κ3) is 2.63. The fourth-order valence-electron chi connectivity index (χ4n) is 2.27. The fraction of sp³-hybridized carbons (Fsp3) is 0.267. The van der Waals surface area contributed by atoms with E-state index in [9.17, 15) is 8.42 Å². The van der Waals surface area contributed by atoms with Crippen LogP contribution in [-0.2, 0) is 9.84 Å². The molecule has 1 aromatic heterocycles. The number of hydrogen-bond donors (Lipinski definition) is 0. The van der Waals surface area contributed by atoms with Crippen LogP contribution in [0.5, 0.6) is 5.75 Å². The second-order valence-electron chi connectivity index (χ2n) is 5.54. The Morgan fingerprint density at radius 3 is 2.57 bits per heavy atom. The van der Waals surface area contributed by atoms with E-state index in [-0.39, 0.29) is 14.7 Å². The van der Waals surface area contributed by atoms with E-state index in [0.29, 0.717) is 12.2 Å². The molecule has 0 spiro atoms. The standard InChI is InChI=1S/C15H14O3S3/c1-15(2)9-12(19)14-11(18-15)8-13(20-14)21(16,17)10-6-4-3-5-7-10/h3-8H,9H2,1-2H3. The zero-order valence-corrected chi connectivity index (χ0v) is 14.1. The monoisotopic (exact) mass is 338 g/mol. The minimum Gasteiger partial charge on any atom is -0.486 e. The predicted molar refractivity (Wildman–Crippen MR) is 87.2 cm³/mol. The number of thiocarbonyl (C=S) groups is 1. The van der Waals surface area contributed by atoms with Gasteiger partial charge in [-0.2, -0.15) is 0 Å². The Hall–Kier alpha value is -1.24. The highest BCUT2D eigenvalue weighted by Crippen LogP contribution is 2.42. The number of hydrogen-bond acceptors (Lipinski definition) is 5. The van der Waals surface area contributed by atoms with E-state index < -0.39 is 9.84 Å². The van der Waals surface area contributed by atoms with E-state index in [1.165, 1.54) is 11.3 Å². The fourth-order valence-corrected chi connectivity index (χ4v) is 5.59. The number of ether oxygens (including phenoxy) is 1. The third-order valence-electron chi connectivity index (χ3n) is 3.22. The summed E-state index contributed by atoms with van der Waals surface area (Å²) in [6.07, 6.45) is 0.626. The third-order valence-corrected chi connectivity index (χ3v) is 7.12. The Balaban J connectivity index is 2.09. The smallest absolute Gasteiger partial charge is 0.216 e. The topological polar surface area (TPSA) is 43.4 Å². The maximum Gasteiger partial charge on any atom is 0.216 e. The molecular weight excluding hydrogens is 324 g/mol. The van der Waals surface area contributed by atoms with Crippen LogP contribution in [0.2, 0.25) is 0 Å². The summed E-state index contributed by atoms with van der Waals surface area (Å²) in [6.45, 7) is 3.90. The number of sulfone groups is 1. The van der Waals surface area contributed by atoms with Gasteiger partial charge < -0.3 is 4.74 Å². The molecular formula is C15H14O3S3. The molecule has 3 nitrogen and oxygen atoms in total. The first-order valence-corrected chi connectivity index (χ1v) is 9.17. The summed E-state index contributed by atoms with van der Waals surface area (Å²) in [4.78, 5) is 1.81. The molecule has 0 atom stereocenters. The van der Waals surface area contributed by atoms with Crippen molar-refractivity contribution in [2.45, 2.75) is 35.0 Å². The van der Waals surface area contributed by atoms with Crippen molar-refractivity contribution in [3.8, 4) is 5.75 Å². The maximum absolute atomic E-state index is 12.6. The van der Waals surface area contributed by atoms with Crippen LogP contribution in [0, 0.1) is 0 Å². The van der Waals surface area contributed by atoms with E-state index in [1.54, 1.807) is 36.4 Å². The normalized spacial score (nSPS) is 17.1. The maximum atomic E-state index is 12.6. The van der Waals surface area contributed by atoms with E-state index in [0.717, 1.165) is 9.74 Å². The van der Waals surface area contributed by atoms with Gasteiger partial charge >= 0.3 is 0 Å². The molecule has 0 unspecified atom stereocenters. The largest absolute Gasteiger partial charge is 0.486 e. The van der Waals surface area contributed by atoms with Crippen molar-refractivity contribution in [1.29, 1.82) is 0 Å². The summed E-state index contributed by atoms with van der Waals surface area (Å²) in [6, 6.07) is 10.00. The first kappa shape index (κ1) is 14.7. The van der Waals surface area contributed by atoms with Crippen LogP contribution in [0.1, 0.15) is 25.1 Å². The van der Waals surface area contributed by atoms with Gasteiger partial charge in [-0.25, -0.2) is 8.42 Å². The van der Waals surface area contributed by atoms with E-state index in [2.05, 4.69) is 0 Å². The van der Waals surface area contributed by atoms with Crippen LogP contribution < -0.4 is 4.74 Å². The van der Waals surface area contributed by atoms with Gasteiger partial charge in [0.2, 0.25) is 9.84 Å². The van der Waals surface area contributed by atoms with Gasteiger partial charge in [0.1, 0.15) is 15.6 Å². The molecule has 110 valence electrons. The lowest BCUT2D eigenvalue weighted by molar-refractivity contribution is 0.113. The molecule has 3 rings (SSSR count). The van der Waals surface area contributed by atoms with Crippen LogP contribution >= 0.6 is 23.6 Å². The zero-order valence-electron chi connectivity index (χ0n) is 11.6. The van der Waals surface area contributed by atoms with Crippen molar-refractivity contribution in [3.05, 3.63) is 41.3 Å². The molecule has 1 aromatic carbocycles. The number of thiophene rings is 1. The molecule has 0 fully saturated rings. The Kier molecular flexibility index (Phi) is 3.43. The van der Waals surface area contributed by atoms with Crippen LogP contribution in [-0.4, -0.2) is 18.9 Å². The Morgan fingerprint density at radius 1 is 1.24 bits per heavy atom. The molecule has 6 heteroatoms. The lowest BCUT2D eigenvalue weighted by atomic mass is 9.99. The van der Waals surface area contributed by atoms with Gasteiger partial charge in [0, 0.05) is 17.4 Å². The summed E-state index contributed by atoms with van der Waals surface area (Å²) in [5.41, 5.74) is -0.390. The molecule has 21 heavy (non-hydrogen) atoms. The second-order valence-corrected chi connectivity index (χ2v) is 9.26. The quantitative estimate of drug-likeness (QED) is 0.780. The van der Waals surface area contributed by atoms with Crippen molar-refractivity contribution in [2.75, 3.05) is 0 Å². The van der Waals surface area contributed by atoms with E-state index in [4.69, 9.17) is 17.0 Å². The zero-order chi connectivity index (χ0) is 15.3. The first-order valence-electron chi connectivity index (χ1n) is 6.46. The average molecular weight is 338 g/mol. The van der Waals surface area contributed by atoms with Crippen LogP contribution in [0.4, 0.5) is 0 Å².